The fourth-order valence-corrected chi connectivity index (χ4v) is 7.39. The van der Waals surface area contributed by atoms with Crippen LogP contribution in [0.3, 0.4) is 0 Å². The molecule has 2 aromatic carbocycles. The number of amides is 1. The lowest BCUT2D eigenvalue weighted by atomic mass is 9.95. The number of nitrogens with zero attached hydrogens (tertiary/aromatic N) is 2. The lowest BCUT2D eigenvalue weighted by Gasteiger charge is -2.13. The van der Waals surface area contributed by atoms with Crippen LogP contribution in [0.2, 0.25) is 0 Å². The van der Waals surface area contributed by atoms with Crippen LogP contribution in [-0.4, -0.2) is 45.4 Å². The number of aromatic amines is 1. The molecule has 0 radical (unpaired) electrons. The Morgan fingerprint density at radius 2 is 1.86 bits per heavy atom. The maximum Gasteiger partial charge on any atom is 0.341 e. The van der Waals surface area contributed by atoms with E-state index in [9.17, 15) is 14.4 Å². The summed E-state index contributed by atoms with van der Waals surface area (Å²) in [5.74, 6) is -0.0211. The molecule has 0 aliphatic heterocycles. The minimum Gasteiger partial charge on any atom is -0.494 e. The number of carbonyl (C=O) groups excluding carboxylic acids is 2. The normalized spacial score (nSPS) is 12.8. The number of ether oxygens (including phenoxy) is 2. The molecule has 0 saturated heterocycles. The van der Waals surface area contributed by atoms with Crippen molar-refractivity contribution < 1.29 is 19.1 Å². The van der Waals surface area contributed by atoms with Gasteiger partial charge in [-0.1, -0.05) is 30.0 Å². The summed E-state index contributed by atoms with van der Waals surface area (Å²) in [5.41, 5.74) is 3.55. The van der Waals surface area contributed by atoms with Crippen molar-refractivity contribution in [3.05, 3.63) is 74.9 Å². The van der Waals surface area contributed by atoms with Gasteiger partial charge < -0.3 is 19.8 Å². The van der Waals surface area contributed by atoms with E-state index in [0.29, 0.717) is 44.8 Å². The number of anilines is 1. The molecule has 11 heteroatoms. The number of aryl methyl sites for hydroxylation is 1. The quantitative estimate of drug-likeness (QED) is 0.119. The summed E-state index contributed by atoms with van der Waals surface area (Å²) in [6.45, 7) is 4.47. The van der Waals surface area contributed by atoms with E-state index in [1.165, 1.54) is 27.7 Å². The summed E-state index contributed by atoms with van der Waals surface area (Å²) >= 11 is 2.62. The lowest BCUT2D eigenvalue weighted by Crippen LogP contribution is -2.23. The lowest BCUT2D eigenvalue weighted by molar-refractivity contribution is -0.113. The number of esters is 1. The number of benzene rings is 2. The number of carbonyl (C=O) groups is 2. The smallest absolute Gasteiger partial charge is 0.341 e. The molecule has 0 spiro atoms. The first kappa shape index (κ1) is 28.0. The van der Waals surface area contributed by atoms with Crippen molar-refractivity contribution in [2.24, 2.45) is 0 Å². The van der Waals surface area contributed by atoms with Gasteiger partial charge in [-0.15, -0.1) is 11.3 Å². The standard InChI is InChI=1S/C31H30N4O5S2/c1-3-39-19-15-13-18(14-16-19)35-29(37)27-26(20-9-5-7-11-22(20)32-27)34-31(35)41-17-24(36)33-28-25(30(38)40-4-2)21-10-6-8-12-23(21)42-28/h5,7,9,11,13-16,32H,3-4,6,8,10,12,17H2,1-2H3,(H,33,36). The highest BCUT2D eigenvalue weighted by molar-refractivity contribution is 7.99. The van der Waals surface area contributed by atoms with Crippen molar-refractivity contribution in [3.63, 3.8) is 0 Å². The summed E-state index contributed by atoms with van der Waals surface area (Å²) in [5, 5.41) is 4.69. The highest BCUT2D eigenvalue weighted by atomic mass is 32.2. The van der Waals surface area contributed by atoms with Crippen LogP contribution in [-0.2, 0) is 22.4 Å². The number of thiophene rings is 1. The van der Waals surface area contributed by atoms with E-state index in [0.717, 1.165) is 47.0 Å². The second-order valence-electron chi connectivity index (χ2n) is 9.83. The SMILES string of the molecule is CCOC(=O)c1c(NC(=O)CSc2nc3c([nH]c4ccccc43)c(=O)n2-c2ccc(OCC)cc2)sc2c1CCCC2. The van der Waals surface area contributed by atoms with Gasteiger partial charge in [-0.25, -0.2) is 9.78 Å². The number of fused-ring (bicyclic) bond motifs is 4. The van der Waals surface area contributed by atoms with Crippen LogP contribution in [0.1, 0.15) is 47.5 Å². The number of H-pyrrole nitrogens is 1. The number of hydrogen-bond donors (Lipinski definition) is 2. The van der Waals surface area contributed by atoms with Crippen molar-refractivity contribution in [2.45, 2.75) is 44.7 Å². The molecule has 0 bridgehead atoms. The van der Waals surface area contributed by atoms with E-state index < -0.39 is 5.97 Å². The van der Waals surface area contributed by atoms with Crippen LogP contribution < -0.4 is 15.6 Å². The minimum absolute atomic E-state index is 0.0117. The zero-order valence-electron chi connectivity index (χ0n) is 23.3. The van der Waals surface area contributed by atoms with Crippen molar-refractivity contribution in [1.29, 1.82) is 0 Å². The Hall–Kier alpha value is -4.09. The molecule has 0 fully saturated rings. The molecule has 0 unspecified atom stereocenters. The highest BCUT2D eigenvalue weighted by Gasteiger charge is 2.27. The van der Waals surface area contributed by atoms with E-state index in [-0.39, 0.29) is 23.8 Å². The predicted octanol–water partition coefficient (Wildman–Crippen LogP) is 6.11. The second kappa shape index (κ2) is 12.0. The van der Waals surface area contributed by atoms with Gasteiger partial charge >= 0.3 is 5.97 Å². The third-order valence-electron chi connectivity index (χ3n) is 7.14. The monoisotopic (exact) mass is 602 g/mol. The average Bonchev–Trinajstić information content (AvgIpc) is 3.55. The van der Waals surface area contributed by atoms with Gasteiger partial charge in [0.25, 0.3) is 5.56 Å². The molecule has 0 saturated carbocycles. The van der Waals surface area contributed by atoms with E-state index in [2.05, 4.69) is 10.3 Å². The fraction of sp³-hybridized carbons (Fsp3) is 0.290. The average molecular weight is 603 g/mol. The molecule has 1 aliphatic rings. The van der Waals surface area contributed by atoms with Gasteiger partial charge in [0.05, 0.1) is 30.2 Å². The Morgan fingerprint density at radius 1 is 1.07 bits per heavy atom. The van der Waals surface area contributed by atoms with Crippen molar-refractivity contribution in [1.82, 2.24) is 14.5 Å². The zero-order valence-corrected chi connectivity index (χ0v) is 25.0. The van der Waals surface area contributed by atoms with Gasteiger partial charge in [0.1, 0.15) is 21.8 Å². The topological polar surface area (TPSA) is 115 Å². The summed E-state index contributed by atoms with van der Waals surface area (Å²) in [4.78, 5) is 49.2. The van der Waals surface area contributed by atoms with Crippen LogP contribution in [0.25, 0.3) is 27.6 Å². The molecule has 1 amide bonds. The van der Waals surface area contributed by atoms with E-state index in [4.69, 9.17) is 14.5 Å². The molecule has 9 nitrogen and oxygen atoms in total. The number of thioether (sulfide) groups is 1. The number of hydrogen-bond acceptors (Lipinski definition) is 8. The largest absolute Gasteiger partial charge is 0.494 e. The molecule has 6 rings (SSSR count). The summed E-state index contributed by atoms with van der Waals surface area (Å²) in [6, 6.07) is 14.8. The third kappa shape index (κ3) is 5.30. The number of aromatic nitrogens is 3. The summed E-state index contributed by atoms with van der Waals surface area (Å²) < 4.78 is 12.4. The van der Waals surface area contributed by atoms with Gasteiger partial charge in [0, 0.05) is 15.8 Å². The van der Waals surface area contributed by atoms with Crippen LogP contribution >= 0.6 is 23.1 Å². The summed E-state index contributed by atoms with van der Waals surface area (Å²) in [6.07, 6.45) is 3.75. The van der Waals surface area contributed by atoms with Crippen molar-refractivity contribution >= 4 is 61.9 Å². The molecule has 2 N–H and O–H groups in total. The summed E-state index contributed by atoms with van der Waals surface area (Å²) in [7, 11) is 0. The van der Waals surface area contributed by atoms with Gasteiger partial charge in [0.2, 0.25) is 5.91 Å². The number of nitrogens with one attached hydrogen (secondary N) is 2. The zero-order chi connectivity index (χ0) is 29.2. The molecule has 42 heavy (non-hydrogen) atoms. The predicted molar refractivity (Wildman–Crippen MR) is 167 cm³/mol. The Balaban J connectivity index is 1.34. The molecule has 3 aromatic heterocycles. The Bertz CT molecular complexity index is 1860. The Labute approximate surface area is 250 Å². The molecular formula is C31H30N4O5S2. The van der Waals surface area contributed by atoms with Gasteiger partial charge in [-0.3, -0.25) is 14.2 Å². The molecule has 1 aliphatic carbocycles. The van der Waals surface area contributed by atoms with Gasteiger partial charge in [-0.2, -0.15) is 0 Å². The first-order valence-electron chi connectivity index (χ1n) is 14.0. The maximum absolute atomic E-state index is 13.9. The molecule has 3 heterocycles. The van der Waals surface area contributed by atoms with Crippen molar-refractivity contribution in [3.8, 4) is 11.4 Å². The van der Waals surface area contributed by atoms with E-state index in [1.54, 1.807) is 31.2 Å². The van der Waals surface area contributed by atoms with Crippen LogP contribution in [0.5, 0.6) is 5.75 Å². The van der Waals surface area contributed by atoms with Gasteiger partial charge in [0.15, 0.2) is 5.16 Å². The highest BCUT2D eigenvalue weighted by Crippen LogP contribution is 2.39. The van der Waals surface area contributed by atoms with Crippen molar-refractivity contribution in [2.75, 3.05) is 24.3 Å². The molecule has 0 atom stereocenters. The third-order valence-corrected chi connectivity index (χ3v) is 9.28. The maximum atomic E-state index is 13.9. The molecule has 5 aromatic rings. The number of para-hydroxylation sites is 1. The van der Waals surface area contributed by atoms with E-state index in [1.807, 2.05) is 31.2 Å². The van der Waals surface area contributed by atoms with Crippen LogP contribution in [0.15, 0.2) is 58.5 Å². The Kier molecular flexibility index (Phi) is 8.03. The molecule has 216 valence electrons. The Morgan fingerprint density at radius 3 is 2.64 bits per heavy atom. The van der Waals surface area contributed by atoms with E-state index >= 15 is 0 Å². The van der Waals surface area contributed by atoms with Crippen LogP contribution in [0, 0.1) is 0 Å². The first-order valence-corrected chi connectivity index (χ1v) is 15.8. The first-order chi connectivity index (χ1) is 20.5. The molecular weight excluding hydrogens is 572 g/mol. The van der Waals surface area contributed by atoms with Gasteiger partial charge in [-0.05, 0) is 75.4 Å². The number of rotatable bonds is 9. The van der Waals surface area contributed by atoms with Crippen LogP contribution in [0.4, 0.5) is 5.00 Å². The minimum atomic E-state index is -0.407. The fourth-order valence-electron chi connectivity index (χ4n) is 5.29. The second-order valence-corrected chi connectivity index (χ2v) is 11.9.